The Morgan fingerprint density at radius 3 is 2.72 bits per heavy atom. The molecule has 2 heterocycles. The molecule has 2 N–H and O–H groups in total. The van der Waals surface area contributed by atoms with E-state index in [1.54, 1.807) is 25.3 Å². The summed E-state index contributed by atoms with van der Waals surface area (Å²) in [4.78, 5) is 27.1. The summed E-state index contributed by atoms with van der Waals surface area (Å²) in [5.41, 5.74) is 2.03. The maximum absolute atomic E-state index is 12.3. The summed E-state index contributed by atoms with van der Waals surface area (Å²) >= 11 is 0. The van der Waals surface area contributed by atoms with Crippen molar-refractivity contribution in [2.45, 2.75) is 13.5 Å². The SMILES string of the molecule is COc1ccc(CNC(=O)c2ccc(-c3ccco3)[nH]c2=O)cc1C. The molecule has 3 rings (SSSR count). The average molecular weight is 338 g/mol. The Morgan fingerprint density at radius 2 is 2.08 bits per heavy atom. The topological polar surface area (TPSA) is 84.3 Å². The highest BCUT2D eigenvalue weighted by molar-refractivity contribution is 5.94. The van der Waals surface area contributed by atoms with Crippen LogP contribution in [0.15, 0.2) is 57.9 Å². The molecule has 25 heavy (non-hydrogen) atoms. The number of ether oxygens (including phenoxy) is 1. The number of furan rings is 1. The summed E-state index contributed by atoms with van der Waals surface area (Å²) in [6, 6.07) is 12.3. The van der Waals surface area contributed by atoms with Gasteiger partial charge >= 0.3 is 0 Å². The number of carbonyl (C=O) groups is 1. The Bertz CT molecular complexity index is 942. The van der Waals surface area contributed by atoms with Gasteiger partial charge in [-0.3, -0.25) is 9.59 Å². The summed E-state index contributed by atoms with van der Waals surface area (Å²) in [5.74, 6) is 0.901. The molecule has 0 aliphatic carbocycles. The van der Waals surface area contributed by atoms with Gasteiger partial charge in [0.15, 0.2) is 0 Å². The molecule has 0 bridgehead atoms. The van der Waals surface area contributed by atoms with Crippen LogP contribution in [0.3, 0.4) is 0 Å². The standard InChI is InChI=1S/C19H18N2O4/c1-12-10-13(5-8-16(12)24-2)11-20-18(22)14-6-7-15(21-19(14)23)17-4-3-9-25-17/h3-10H,11H2,1-2H3,(H,20,22)(H,21,23). The molecule has 3 aromatic rings. The van der Waals surface area contributed by atoms with Crippen molar-refractivity contribution in [3.8, 4) is 17.2 Å². The fraction of sp³-hybridized carbons (Fsp3) is 0.158. The summed E-state index contributed by atoms with van der Waals surface area (Å²) in [6.45, 7) is 2.26. The molecule has 128 valence electrons. The number of aryl methyl sites for hydroxylation is 1. The molecule has 0 saturated heterocycles. The van der Waals surface area contributed by atoms with Crippen molar-refractivity contribution < 1.29 is 13.9 Å². The van der Waals surface area contributed by atoms with Gasteiger partial charge in [-0.2, -0.15) is 0 Å². The number of amides is 1. The largest absolute Gasteiger partial charge is 0.496 e. The number of carbonyl (C=O) groups excluding carboxylic acids is 1. The van der Waals surface area contributed by atoms with Gasteiger partial charge in [-0.25, -0.2) is 0 Å². The van der Waals surface area contributed by atoms with E-state index in [2.05, 4.69) is 10.3 Å². The summed E-state index contributed by atoms with van der Waals surface area (Å²) < 4.78 is 10.4. The first-order valence-corrected chi connectivity index (χ1v) is 7.77. The molecular weight excluding hydrogens is 320 g/mol. The van der Waals surface area contributed by atoms with Crippen LogP contribution in [0.1, 0.15) is 21.5 Å². The predicted octanol–water partition coefficient (Wildman–Crippen LogP) is 2.88. The summed E-state index contributed by atoms with van der Waals surface area (Å²) in [6.07, 6.45) is 1.52. The van der Waals surface area contributed by atoms with Crippen molar-refractivity contribution in [1.82, 2.24) is 10.3 Å². The zero-order valence-electron chi connectivity index (χ0n) is 14.0. The third kappa shape index (κ3) is 3.63. The van der Waals surface area contributed by atoms with Gasteiger partial charge in [0.25, 0.3) is 11.5 Å². The van der Waals surface area contributed by atoms with Gasteiger partial charge in [0, 0.05) is 6.54 Å². The molecule has 0 saturated carbocycles. The van der Waals surface area contributed by atoms with Gasteiger partial charge in [-0.05, 0) is 48.4 Å². The number of methoxy groups -OCH3 is 1. The van der Waals surface area contributed by atoms with E-state index in [0.29, 0.717) is 18.0 Å². The maximum Gasteiger partial charge on any atom is 0.261 e. The molecular formula is C19H18N2O4. The molecule has 0 atom stereocenters. The molecule has 6 nitrogen and oxygen atoms in total. The van der Waals surface area contributed by atoms with E-state index in [1.807, 2.05) is 25.1 Å². The fourth-order valence-electron chi connectivity index (χ4n) is 2.56. The monoisotopic (exact) mass is 338 g/mol. The van der Waals surface area contributed by atoms with Crippen LogP contribution in [0.5, 0.6) is 5.75 Å². The smallest absolute Gasteiger partial charge is 0.261 e. The van der Waals surface area contributed by atoms with E-state index in [1.165, 1.54) is 12.3 Å². The van der Waals surface area contributed by atoms with Gasteiger partial charge in [0.2, 0.25) is 0 Å². The van der Waals surface area contributed by atoms with Gasteiger partial charge in [0.1, 0.15) is 17.1 Å². The Labute approximate surface area is 144 Å². The zero-order chi connectivity index (χ0) is 17.8. The second kappa shape index (κ2) is 7.09. The highest BCUT2D eigenvalue weighted by Crippen LogP contribution is 2.18. The second-order valence-corrected chi connectivity index (χ2v) is 5.58. The zero-order valence-corrected chi connectivity index (χ0v) is 14.0. The molecule has 1 amide bonds. The number of nitrogens with one attached hydrogen (secondary N) is 2. The number of H-pyrrole nitrogens is 1. The van der Waals surface area contributed by atoms with Crippen molar-refractivity contribution in [1.29, 1.82) is 0 Å². The van der Waals surface area contributed by atoms with Crippen LogP contribution in [0.25, 0.3) is 11.5 Å². The minimum Gasteiger partial charge on any atom is -0.496 e. The quantitative estimate of drug-likeness (QED) is 0.749. The minimum atomic E-state index is -0.461. The van der Waals surface area contributed by atoms with Crippen LogP contribution >= 0.6 is 0 Å². The molecule has 0 spiro atoms. The van der Waals surface area contributed by atoms with Crippen molar-refractivity contribution in [2.75, 3.05) is 7.11 Å². The van der Waals surface area contributed by atoms with Gasteiger partial charge in [-0.15, -0.1) is 0 Å². The lowest BCUT2D eigenvalue weighted by molar-refractivity contribution is 0.0949. The van der Waals surface area contributed by atoms with Crippen molar-refractivity contribution >= 4 is 5.91 Å². The molecule has 0 unspecified atom stereocenters. The Hall–Kier alpha value is -3.28. The highest BCUT2D eigenvalue weighted by atomic mass is 16.5. The predicted molar refractivity (Wildman–Crippen MR) is 93.7 cm³/mol. The van der Waals surface area contributed by atoms with E-state index >= 15 is 0 Å². The van der Waals surface area contributed by atoms with Crippen molar-refractivity contribution in [3.05, 3.63) is 75.8 Å². The maximum atomic E-state index is 12.3. The Kier molecular flexibility index (Phi) is 4.70. The summed E-state index contributed by atoms with van der Waals surface area (Å²) in [5, 5.41) is 2.75. The Balaban J connectivity index is 1.71. The molecule has 6 heteroatoms. The number of hydrogen-bond acceptors (Lipinski definition) is 4. The first-order valence-electron chi connectivity index (χ1n) is 7.77. The molecule has 0 aliphatic heterocycles. The number of pyridine rings is 1. The van der Waals surface area contributed by atoms with Crippen LogP contribution in [-0.4, -0.2) is 18.0 Å². The first-order chi connectivity index (χ1) is 12.1. The minimum absolute atomic E-state index is 0.0561. The van der Waals surface area contributed by atoms with Crippen LogP contribution in [0.4, 0.5) is 0 Å². The van der Waals surface area contributed by atoms with E-state index in [4.69, 9.17) is 9.15 Å². The first kappa shape index (κ1) is 16.6. The number of hydrogen-bond donors (Lipinski definition) is 2. The third-order valence-electron chi connectivity index (χ3n) is 3.85. The van der Waals surface area contributed by atoms with Gasteiger partial charge in [-0.1, -0.05) is 12.1 Å². The van der Waals surface area contributed by atoms with Crippen molar-refractivity contribution in [3.63, 3.8) is 0 Å². The van der Waals surface area contributed by atoms with Crippen LogP contribution in [0.2, 0.25) is 0 Å². The van der Waals surface area contributed by atoms with E-state index in [0.717, 1.165) is 16.9 Å². The number of aromatic amines is 1. The van der Waals surface area contributed by atoms with E-state index < -0.39 is 11.5 Å². The summed E-state index contributed by atoms with van der Waals surface area (Å²) in [7, 11) is 1.61. The van der Waals surface area contributed by atoms with E-state index in [9.17, 15) is 9.59 Å². The van der Waals surface area contributed by atoms with E-state index in [-0.39, 0.29) is 5.56 Å². The molecule has 0 radical (unpaired) electrons. The normalized spacial score (nSPS) is 10.5. The average Bonchev–Trinajstić information content (AvgIpc) is 3.14. The fourth-order valence-corrected chi connectivity index (χ4v) is 2.56. The van der Waals surface area contributed by atoms with Crippen molar-refractivity contribution in [2.24, 2.45) is 0 Å². The van der Waals surface area contributed by atoms with Crippen LogP contribution in [0, 0.1) is 6.92 Å². The number of benzene rings is 1. The highest BCUT2D eigenvalue weighted by Gasteiger charge is 2.12. The molecule has 0 aliphatic rings. The Morgan fingerprint density at radius 1 is 1.24 bits per heavy atom. The molecule has 1 aromatic carbocycles. The number of aromatic nitrogens is 1. The lowest BCUT2D eigenvalue weighted by atomic mass is 10.1. The lowest BCUT2D eigenvalue weighted by Gasteiger charge is -2.09. The lowest BCUT2D eigenvalue weighted by Crippen LogP contribution is -2.29. The second-order valence-electron chi connectivity index (χ2n) is 5.58. The van der Waals surface area contributed by atoms with Gasteiger partial charge < -0.3 is 19.5 Å². The van der Waals surface area contributed by atoms with Crippen LogP contribution < -0.4 is 15.6 Å². The molecule has 0 fully saturated rings. The third-order valence-corrected chi connectivity index (χ3v) is 3.85. The van der Waals surface area contributed by atoms with Gasteiger partial charge in [0.05, 0.1) is 19.1 Å². The molecule has 2 aromatic heterocycles. The van der Waals surface area contributed by atoms with Crippen LogP contribution in [-0.2, 0) is 6.54 Å². The number of rotatable bonds is 5.